The Balaban J connectivity index is 1.71. The number of hydrogen-bond donors (Lipinski definition) is 1. The zero-order valence-corrected chi connectivity index (χ0v) is 16.7. The quantitative estimate of drug-likeness (QED) is 0.495. The summed E-state index contributed by atoms with van der Waals surface area (Å²) in [5.41, 5.74) is 1.25. The smallest absolute Gasteiger partial charge is 0.194 e. The topological polar surface area (TPSA) is 45.5 Å². The number of thioether (sulfide) groups is 1. The summed E-state index contributed by atoms with van der Waals surface area (Å²) in [7, 11) is 0. The van der Waals surface area contributed by atoms with Crippen LogP contribution in [0.25, 0.3) is 0 Å². The van der Waals surface area contributed by atoms with Crippen LogP contribution in [-0.4, -0.2) is 46.3 Å². The van der Waals surface area contributed by atoms with E-state index in [4.69, 9.17) is 4.99 Å². The standard InChI is InChI=1S/C20H29N5S/c1-4-22-20(23-13-17-5-7-18(26-3)8-6-17)24-11-9-16(2)19(14-24)25-12-10-21-15-25/h5-8,10,12,15-16,19H,4,9,11,13-14H2,1-3H3,(H,22,23). The van der Waals surface area contributed by atoms with Gasteiger partial charge in [0.1, 0.15) is 0 Å². The van der Waals surface area contributed by atoms with Crippen LogP contribution < -0.4 is 5.32 Å². The Morgan fingerprint density at radius 2 is 2.15 bits per heavy atom. The molecule has 1 aromatic carbocycles. The van der Waals surface area contributed by atoms with E-state index in [1.54, 1.807) is 11.8 Å². The van der Waals surface area contributed by atoms with Crippen LogP contribution >= 0.6 is 11.8 Å². The van der Waals surface area contributed by atoms with Crippen LogP contribution in [0.2, 0.25) is 0 Å². The van der Waals surface area contributed by atoms with Gasteiger partial charge < -0.3 is 14.8 Å². The second-order valence-electron chi connectivity index (χ2n) is 6.81. The average molecular weight is 372 g/mol. The number of benzene rings is 1. The van der Waals surface area contributed by atoms with E-state index in [0.717, 1.165) is 32.0 Å². The van der Waals surface area contributed by atoms with Gasteiger partial charge in [0.05, 0.1) is 18.9 Å². The van der Waals surface area contributed by atoms with Gasteiger partial charge in [0.15, 0.2) is 5.96 Å². The normalized spacial score (nSPS) is 21.0. The van der Waals surface area contributed by atoms with Crippen molar-refractivity contribution < 1.29 is 0 Å². The molecule has 5 nitrogen and oxygen atoms in total. The molecule has 140 valence electrons. The van der Waals surface area contributed by atoms with Crippen molar-refractivity contribution in [2.75, 3.05) is 25.9 Å². The highest BCUT2D eigenvalue weighted by molar-refractivity contribution is 7.98. The third-order valence-electron chi connectivity index (χ3n) is 5.03. The van der Waals surface area contributed by atoms with E-state index in [0.29, 0.717) is 18.5 Å². The molecular weight excluding hydrogens is 342 g/mol. The first-order valence-corrected chi connectivity index (χ1v) is 10.6. The molecule has 6 heteroatoms. The van der Waals surface area contributed by atoms with E-state index in [1.165, 1.54) is 10.5 Å². The maximum atomic E-state index is 4.90. The van der Waals surface area contributed by atoms with Gasteiger partial charge in [0.25, 0.3) is 0 Å². The van der Waals surface area contributed by atoms with Crippen molar-refractivity contribution in [2.45, 2.75) is 37.8 Å². The van der Waals surface area contributed by atoms with Crippen molar-refractivity contribution in [3.8, 4) is 0 Å². The van der Waals surface area contributed by atoms with Gasteiger partial charge in [-0.1, -0.05) is 19.1 Å². The molecule has 1 aliphatic rings. The molecule has 2 heterocycles. The first kappa shape index (κ1) is 18.8. The number of imidazole rings is 1. The van der Waals surface area contributed by atoms with Crippen LogP contribution in [0.3, 0.4) is 0 Å². The minimum atomic E-state index is 0.441. The van der Waals surface area contributed by atoms with Crippen LogP contribution in [0.1, 0.15) is 31.9 Å². The summed E-state index contributed by atoms with van der Waals surface area (Å²) in [5.74, 6) is 1.65. The number of aliphatic imine (C=N–C) groups is 1. The monoisotopic (exact) mass is 371 g/mol. The lowest BCUT2D eigenvalue weighted by atomic mass is 9.93. The molecule has 2 aromatic rings. The summed E-state index contributed by atoms with van der Waals surface area (Å²) in [4.78, 5) is 12.8. The first-order valence-electron chi connectivity index (χ1n) is 9.35. The molecule has 2 unspecified atom stereocenters. The number of likely N-dealkylation sites (tertiary alicyclic amines) is 1. The molecule has 1 N–H and O–H groups in total. The van der Waals surface area contributed by atoms with E-state index >= 15 is 0 Å². The highest BCUT2D eigenvalue weighted by Gasteiger charge is 2.28. The molecule has 1 aliphatic heterocycles. The fraction of sp³-hybridized carbons (Fsp3) is 0.500. The van der Waals surface area contributed by atoms with Gasteiger partial charge >= 0.3 is 0 Å². The van der Waals surface area contributed by atoms with Crippen molar-refractivity contribution in [1.82, 2.24) is 19.8 Å². The lowest BCUT2D eigenvalue weighted by Gasteiger charge is -2.39. The molecule has 26 heavy (non-hydrogen) atoms. The molecular formula is C20H29N5S. The van der Waals surface area contributed by atoms with Gasteiger partial charge in [-0.3, -0.25) is 0 Å². The van der Waals surface area contributed by atoms with Crippen LogP contribution in [0.4, 0.5) is 0 Å². The SMILES string of the molecule is CCNC(=NCc1ccc(SC)cc1)N1CCC(C)C(n2ccnc2)C1. The molecule has 1 fully saturated rings. The maximum absolute atomic E-state index is 4.90. The maximum Gasteiger partial charge on any atom is 0.194 e. The lowest BCUT2D eigenvalue weighted by molar-refractivity contribution is 0.189. The van der Waals surface area contributed by atoms with Crippen molar-refractivity contribution in [1.29, 1.82) is 0 Å². The second-order valence-corrected chi connectivity index (χ2v) is 7.69. The zero-order chi connectivity index (χ0) is 18.4. The van der Waals surface area contributed by atoms with Crippen molar-refractivity contribution in [2.24, 2.45) is 10.9 Å². The number of aromatic nitrogens is 2. The zero-order valence-electron chi connectivity index (χ0n) is 15.9. The summed E-state index contributed by atoms with van der Waals surface area (Å²) in [6.07, 6.45) is 9.13. The Labute approximate surface area is 160 Å². The van der Waals surface area contributed by atoms with E-state index in [-0.39, 0.29) is 0 Å². The van der Waals surface area contributed by atoms with Crippen molar-refractivity contribution in [3.63, 3.8) is 0 Å². The third kappa shape index (κ3) is 4.61. The average Bonchev–Trinajstić information content (AvgIpc) is 3.20. The minimum Gasteiger partial charge on any atom is -0.357 e. The van der Waals surface area contributed by atoms with Gasteiger partial charge in [0, 0.05) is 36.9 Å². The summed E-state index contributed by atoms with van der Waals surface area (Å²) < 4.78 is 2.24. The van der Waals surface area contributed by atoms with E-state index in [9.17, 15) is 0 Å². The largest absolute Gasteiger partial charge is 0.357 e. The molecule has 0 aliphatic carbocycles. The molecule has 2 atom stereocenters. The summed E-state index contributed by atoms with van der Waals surface area (Å²) >= 11 is 1.77. The Bertz CT molecular complexity index is 696. The van der Waals surface area contributed by atoms with E-state index < -0.39 is 0 Å². The number of piperidine rings is 1. The fourth-order valence-electron chi connectivity index (χ4n) is 3.42. The Kier molecular flexibility index (Phi) is 6.61. The van der Waals surface area contributed by atoms with Crippen LogP contribution in [0.15, 0.2) is 52.9 Å². The number of guanidine groups is 1. The van der Waals surface area contributed by atoms with Crippen LogP contribution in [0, 0.1) is 5.92 Å². The number of nitrogens with zero attached hydrogens (tertiary/aromatic N) is 4. The number of hydrogen-bond acceptors (Lipinski definition) is 3. The predicted molar refractivity (Wildman–Crippen MR) is 110 cm³/mol. The Morgan fingerprint density at radius 1 is 1.35 bits per heavy atom. The first-order chi connectivity index (χ1) is 12.7. The second kappa shape index (κ2) is 9.12. The minimum absolute atomic E-state index is 0.441. The summed E-state index contributed by atoms with van der Waals surface area (Å²) in [6.45, 7) is 8.06. The lowest BCUT2D eigenvalue weighted by Crippen LogP contribution is -2.49. The molecule has 0 bridgehead atoms. The molecule has 1 saturated heterocycles. The Hall–Kier alpha value is -1.95. The van der Waals surface area contributed by atoms with Crippen molar-refractivity contribution >= 4 is 17.7 Å². The van der Waals surface area contributed by atoms with E-state index in [2.05, 4.69) is 70.3 Å². The van der Waals surface area contributed by atoms with Gasteiger partial charge in [0.2, 0.25) is 0 Å². The molecule has 0 saturated carbocycles. The molecule has 0 spiro atoms. The molecule has 3 rings (SSSR count). The molecule has 1 aromatic heterocycles. The highest BCUT2D eigenvalue weighted by Crippen LogP contribution is 2.27. The van der Waals surface area contributed by atoms with E-state index in [1.807, 2.05) is 12.5 Å². The van der Waals surface area contributed by atoms with Crippen molar-refractivity contribution in [3.05, 3.63) is 48.5 Å². The van der Waals surface area contributed by atoms with Gasteiger partial charge in [-0.2, -0.15) is 0 Å². The van der Waals surface area contributed by atoms with Crippen LogP contribution in [0.5, 0.6) is 0 Å². The van der Waals surface area contributed by atoms with Gasteiger partial charge in [-0.25, -0.2) is 9.98 Å². The summed E-state index contributed by atoms with van der Waals surface area (Å²) in [5, 5.41) is 3.47. The number of rotatable bonds is 5. The van der Waals surface area contributed by atoms with Gasteiger partial charge in [-0.05, 0) is 43.2 Å². The highest BCUT2D eigenvalue weighted by atomic mass is 32.2. The third-order valence-corrected chi connectivity index (χ3v) is 5.77. The fourth-order valence-corrected chi connectivity index (χ4v) is 3.83. The molecule has 0 amide bonds. The van der Waals surface area contributed by atoms with Crippen LogP contribution in [-0.2, 0) is 6.54 Å². The summed E-state index contributed by atoms with van der Waals surface area (Å²) in [6, 6.07) is 9.12. The predicted octanol–water partition coefficient (Wildman–Crippen LogP) is 3.65. The Morgan fingerprint density at radius 3 is 2.81 bits per heavy atom. The molecule has 0 radical (unpaired) electrons. The number of nitrogens with one attached hydrogen (secondary N) is 1. The van der Waals surface area contributed by atoms with Gasteiger partial charge in [-0.15, -0.1) is 11.8 Å².